The van der Waals surface area contributed by atoms with Crippen molar-refractivity contribution in [2.75, 3.05) is 6.54 Å². The molecule has 0 saturated heterocycles. The molecule has 0 aliphatic heterocycles. The van der Waals surface area contributed by atoms with Gasteiger partial charge in [-0.05, 0) is 43.9 Å². The first-order valence-electron chi connectivity index (χ1n) is 6.70. The first-order chi connectivity index (χ1) is 8.54. The lowest BCUT2D eigenvalue weighted by Crippen LogP contribution is -2.33. The van der Waals surface area contributed by atoms with Gasteiger partial charge in [-0.25, -0.2) is 4.39 Å². The van der Waals surface area contributed by atoms with Gasteiger partial charge in [-0.15, -0.1) is 0 Å². The molecule has 1 aromatic carbocycles. The maximum Gasteiger partial charge on any atom is 0.127 e. The SMILES string of the molecule is CCCNC(Cc1c(F)cccc1Cl)CC(C)C. The second-order valence-electron chi connectivity index (χ2n) is 5.18. The van der Waals surface area contributed by atoms with Gasteiger partial charge in [0, 0.05) is 16.6 Å². The number of benzene rings is 1. The van der Waals surface area contributed by atoms with Crippen molar-refractivity contribution in [3.8, 4) is 0 Å². The highest BCUT2D eigenvalue weighted by Crippen LogP contribution is 2.22. The molecule has 0 aliphatic rings. The first-order valence-corrected chi connectivity index (χ1v) is 7.08. The molecule has 1 atom stereocenters. The molecule has 0 saturated carbocycles. The summed E-state index contributed by atoms with van der Waals surface area (Å²) in [4.78, 5) is 0. The van der Waals surface area contributed by atoms with Crippen LogP contribution in [-0.4, -0.2) is 12.6 Å². The molecule has 0 aromatic heterocycles. The average Bonchev–Trinajstić information content (AvgIpc) is 2.30. The maximum absolute atomic E-state index is 13.8. The van der Waals surface area contributed by atoms with E-state index >= 15 is 0 Å². The van der Waals surface area contributed by atoms with E-state index in [2.05, 4.69) is 26.1 Å². The van der Waals surface area contributed by atoms with Crippen LogP contribution in [-0.2, 0) is 6.42 Å². The van der Waals surface area contributed by atoms with Crippen LogP contribution in [0.5, 0.6) is 0 Å². The Morgan fingerprint density at radius 1 is 1.33 bits per heavy atom. The summed E-state index contributed by atoms with van der Waals surface area (Å²) in [5.41, 5.74) is 0.633. The second kappa shape index (κ2) is 7.75. The van der Waals surface area contributed by atoms with E-state index in [-0.39, 0.29) is 5.82 Å². The highest BCUT2D eigenvalue weighted by Gasteiger charge is 2.15. The Morgan fingerprint density at radius 3 is 2.61 bits per heavy atom. The van der Waals surface area contributed by atoms with E-state index in [0.29, 0.717) is 29.0 Å². The van der Waals surface area contributed by atoms with Crippen LogP contribution in [0.3, 0.4) is 0 Å². The lowest BCUT2D eigenvalue weighted by Gasteiger charge is -2.21. The van der Waals surface area contributed by atoms with Crippen molar-refractivity contribution in [1.29, 1.82) is 0 Å². The van der Waals surface area contributed by atoms with E-state index in [9.17, 15) is 4.39 Å². The lowest BCUT2D eigenvalue weighted by atomic mass is 9.97. The Balaban J connectivity index is 2.75. The van der Waals surface area contributed by atoms with Crippen LogP contribution in [0.25, 0.3) is 0 Å². The van der Waals surface area contributed by atoms with E-state index in [1.165, 1.54) is 6.07 Å². The van der Waals surface area contributed by atoms with E-state index in [1.54, 1.807) is 12.1 Å². The second-order valence-corrected chi connectivity index (χ2v) is 5.59. The number of halogens is 2. The maximum atomic E-state index is 13.8. The van der Waals surface area contributed by atoms with Gasteiger partial charge in [-0.1, -0.05) is 38.4 Å². The minimum atomic E-state index is -0.199. The summed E-state index contributed by atoms with van der Waals surface area (Å²) in [6, 6.07) is 5.18. The number of hydrogen-bond acceptors (Lipinski definition) is 1. The van der Waals surface area contributed by atoms with Crippen molar-refractivity contribution in [1.82, 2.24) is 5.32 Å². The van der Waals surface area contributed by atoms with Crippen LogP contribution in [0.2, 0.25) is 5.02 Å². The third kappa shape index (κ3) is 4.95. The fourth-order valence-electron chi connectivity index (χ4n) is 2.13. The summed E-state index contributed by atoms with van der Waals surface area (Å²) in [6.45, 7) is 7.46. The van der Waals surface area contributed by atoms with Gasteiger partial charge >= 0.3 is 0 Å². The van der Waals surface area contributed by atoms with E-state index in [4.69, 9.17) is 11.6 Å². The smallest absolute Gasteiger partial charge is 0.127 e. The largest absolute Gasteiger partial charge is 0.314 e. The molecule has 0 amide bonds. The minimum Gasteiger partial charge on any atom is -0.314 e. The van der Waals surface area contributed by atoms with Crippen molar-refractivity contribution >= 4 is 11.6 Å². The number of nitrogens with one attached hydrogen (secondary N) is 1. The van der Waals surface area contributed by atoms with Gasteiger partial charge in [-0.2, -0.15) is 0 Å². The van der Waals surface area contributed by atoms with Gasteiger partial charge in [0.2, 0.25) is 0 Å². The molecule has 0 radical (unpaired) electrons. The van der Waals surface area contributed by atoms with Gasteiger partial charge in [0.05, 0.1) is 0 Å². The fraction of sp³-hybridized carbons (Fsp3) is 0.600. The van der Waals surface area contributed by atoms with Gasteiger partial charge in [-0.3, -0.25) is 0 Å². The Hall–Kier alpha value is -0.600. The molecular weight excluding hydrogens is 249 g/mol. The fourth-order valence-corrected chi connectivity index (χ4v) is 2.37. The van der Waals surface area contributed by atoms with Crippen LogP contribution in [0.4, 0.5) is 4.39 Å². The molecule has 1 rings (SSSR count). The Morgan fingerprint density at radius 2 is 2.06 bits per heavy atom. The molecule has 0 bridgehead atoms. The number of hydrogen-bond donors (Lipinski definition) is 1. The Bertz CT molecular complexity index is 345. The van der Waals surface area contributed by atoms with E-state index in [0.717, 1.165) is 19.4 Å². The molecule has 18 heavy (non-hydrogen) atoms. The third-order valence-electron chi connectivity index (χ3n) is 2.95. The van der Waals surface area contributed by atoms with Crippen LogP contribution >= 0.6 is 11.6 Å². The molecule has 1 nitrogen and oxygen atoms in total. The molecule has 1 unspecified atom stereocenters. The van der Waals surface area contributed by atoms with Crippen molar-refractivity contribution in [2.24, 2.45) is 5.92 Å². The Labute approximate surface area is 115 Å². The average molecular weight is 272 g/mol. The zero-order valence-electron chi connectivity index (χ0n) is 11.5. The summed E-state index contributed by atoms with van der Waals surface area (Å²) in [6.07, 6.45) is 2.77. The summed E-state index contributed by atoms with van der Waals surface area (Å²) in [7, 11) is 0. The molecule has 102 valence electrons. The zero-order chi connectivity index (χ0) is 13.5. The molecule has 0 spiro atoms. The van der Waals surface area contributed by atoms with Gasteiger partial charge in [0.15, 0.2) is 0 Å². The van der Waals surface area contributed by atoms with Gasteiger partial charge in [0.25, 0.3) is 0 Å². The third-order valence-corrected chi connectivity index (χ3v) is 3.31. The summed E-state index contributed by atoms with van der Waals surface area (Å²) in [5.74, 6) is 0.388. The minimum absolute atomic E-state index is 0.199. The van der Waals surface area contributed by atoms with Crippen LogP contribution in [0.15, 0.2) is 18.2 Å². The summed E-state index contributed by atoms with van der Waals surface area (Å²) < 4.78 is 13.8. The standard InChI is InChI=1S/C15H23ClFN/c1-4-8-18-12(9-11(2)3)10-13-14(16)6-5-7-15(13)17/h5-7,11-12,18H,4,8-10H2,1-3H3. The van der Waals surface area contributed by atoms with Crippen molar-refractivity contribution < 1.29 is 4.39 Å². The van der Waals surface area contributed by atoms with Crippen LogP contribution in [0, 0.1) is 11.7 Å². The van der Waals surface area contributed by atoms with Gasteiger partial charge in [0.1, 0.15) is 5.82 Å². The zero-order valence-corrected chi connectivity index (χ0v) is 12.2. The topological polar surface area (TPSA) is 12.0 Å². The van der Waals surface area contributed by atoms with Gasteiger partial charge < -0.3 is 5.32 Å². The quantitative estimate of drug-likeness (QED) is 0.773. The van der Waals surface area contributed by atoms with E-state index < -0.39 is 0 Å². The lowest BCUT2D eigenvalue weighted by molar-refractivity contribution is 0.411. The molecule has 0 heterocycles. The van der Waals surface area contributed by atoms with Crippen molar-refractivity contribution in [2.45, 2.75) is 46.1 Å². The predicted octanol–water partition coefficient (Wildman–Crippen LogP) is 4.44. The predicted molar refractivity (Wildman–Crippen MR) is 76.7 cm³/mol. The first kappa shape index (κ1) is 15.5. The Kier molecular flexibility index (Phi) is 6.66. The van der Waals surface area contributed by atoms with E-state index in [1.807, 2.05) is 0 Å². The molecule has 3 heteroatoms. The number of rotatable bonds is 7. The molecule has 1 aromatic rings. The van der Waals surface area contributed by atoms with Crippen molar-refractivity contribution in [3.63, 3.8) is 0 Å². The van der Waals surface area contributed by atoms with Crippen LogP contribution < -0.4 is 5.32 Å². The molecule has 0 aliphatic carbocycles. The van der Waals surface area contributed by atoms with Crippen molar-refractivity contribution in [3.05, 3.63) is 34.6 Å². The summed E-state index contributed by atoms with van der Waals surface area (Å²) in [5, 5.41) is 4.01. The highest BCUT2D eigenvalue weighted by atomic mass is 35.5. The molecule has 1 N–H and O–H groups in total. The summed E-state index contributed by atoms with van der Waals surface area (Å²) >= 11 is 6.08. The molecular formula is C15H23ClFN. The van der Waals surface area contributed by atoms with Crippen LogP contribution in [0.1, 0.15) is 39.2 Å². The normalized spacial score (nSPS) is 13.0. The highest BCUT2D eigenvalue weighted by molar-refractivity contribution is 6.31. The monoisotopic (exact) mass is 271 g/mol. The molecule has 0 fully saturated rings.